The molecule has 1 aromatic heterocycles. The summed E-state index contributed by atoms with van der Waals surface area (Å²) in [6, 6.07) is 19.7. The number of halogens is 1. The van der Waals surface area contributed by atoms with Gasteiger partial charge in [0.25, 0.3) is 20.2 Å². The fourth-order valence-electron chi connectivity index (χ4n) is 7.40. The number of aliphatic hydroxyl groups is 1. The quantitative estimate of drug-likeness (QED) is 0.0596. The Kier molecular flexibility index (Phi) is 13.3. The molecule has 0 unspecified atom stereocenters. The van der Waals surface area contributed by atoms with E-state index in [0.717, 1.165) is 43.2 Å². The first-order valence-corrected chi connectivity index (χ1v) is 20.0. The number of benzene rings is 4. The van der Waals surface area contributed by atoms with E-state index in [1.165, 1.54) is 13.0 Å². The molecule has 53 heavy (non-hydrogen) atoms. The molecule has 0 aliphatic heterocycles. The third-order valence-corrected chi connectivity index (χ3v) is 12.3. The van der Waals surface area contributed by atoms with Crippen LogP contribution in [0, 0.1) is 19.8 Å². The molecule has 4 aromatic carbocycles. The van der Waals surface area contributed by atoms with Crippen LogP contribution in [0.5, 0.6) is 0 Å². The Morgan fingerprint density at radius 3 is 2.13 bits per heavy atom. The smallest absolute Gasteiger partial charge is 0.296 e. The van der Waals surface area contributed by atoms with E-state index >= 15 is 0 Å². The summed E-state index contributed by atoms with van der Waals surface area (Å²) in [7, 11) is -10.2. The number of nitrogens with zero attached hydrogens (tertiary/aromatic N) is 1. The number of aryl methyl sites for hydroxylation is 1. The van der Waals surface area contributed by atoms with Gasteiger partial charge in [-0.05, 0) is 84.0 Å². The van der Waals surface area contributed by atoms with Crippen molar-refractivity contribution in [3.8, 4) is 0 Å². The van der Waals surface area contributed by atoms with Gasteiger partial charge in [0.15, 0.2) is 5.60 Å². The summed E-state index contributed by atoms with van der Waals surface area (Å²) < 4.78 is 83.5. The van der Waals surface area contributed by atoms with Gasteiger partial charge in [-0.2, -0.15) is 16.8 Å². The van der Waals surface area contributed by atoms with Crippen LogP contribution in [-0.4, -0.2) is 42.6 Å². The molecule has 15 heteroatoms. The number of aromatic nitrogens is 1. The zero-order chi connectivity index (χ0) is 36.6. The lowest BCUT2D eigenvalue weighted by atomic mass is 9.73. The molecule has 9 N–H and O–H groups in total. The first-order chi connectivity index (χ1) is 24.2. The lowest BCUT2D eigenvalue weighted by molar-refractivity contribution is -0.0238. The molecule has 0 amide bonds. The van der Waals surface area contributed by atoms with Crippen molar-refractivity contribution >= 4 is 42.6 Å². The minimum absolute atomic E-state index is 0. The molecule has 1 saturated carbocycles. The Balaban J connectivity index is 0.00000314. The molecule has 1 aliphatic carbocycles. The zero-order valence-electron chi connectivity index (χ0n) is 29.7. The van der Waals surface area contributed by atoms with E-state index in [1.54, 1.807) is 31.3 Å². The Bertz CT molecular complexity index is 2280. The van der Waals surface area contributed by atoms with Crippen LogP contribution in [0.4, 0.5) is 0 Å². The third-order valence-electron chi connectivity index (χ3n) is 9.99. The topological polar surface area (TPSA) is 234 Å². The van der Waals surface area contributed by atoms with Gasteiger partial charge < -0.3 is 26.6 Å². The summed E-state index contributed by atoms with van der Waals surface area (Å²) in [4.78, 5) is 2.83. The van der Waals surface area contributed by atoms with Gasteiger partial charge in [-0.3, -0.25) is 9.11 Å². The molecule has 5 aromatic rings. The van der Waals surface area contributed by atoms with Crippen molar-refractivity contribution < 1.29 is 40.2 Å². The van der Waals surface area contributed by atoms with Gasteiger partial charge in [0.2, 0.25) is 5.89 Å². The van der Waals surface area contributed by atoms with E-state index in [2.05, 4.69) is 4.98 Å². The zero-order valence-corrected chi connectivity index (χ0v) is 32.1. The van der Waals surface area contributed by atoms with Crippen molar-refractivity contribution in [3.05, 3.63) is 123 Å². The van der Waals surface area contributed by atoms with Crippen molar-refractivity contribution in [1.82, 2.24) is 17.3 Å². The highest BCUT2D eigenvalue weighted by molar-refractivity contribution is 7.89. The summed E-state index contributed by atoms with van der Waals surface area (Å²) in [5.74, 6) is 0.423. The van der Waals surface area contributed by atoms with Crippen molar-refractivity contribution in [1.29, 1.82) is 0 Å². The number of fused-ring (bicyclic) bond motifs is 1. The summed E-state index contributed by atoms with van der Waals surface area (Å²) in [6.07, 6.45) is 6.68. The van der Waals surface area contributed by atoms with Crippen LogP contribution in [0.15, 0.2) is 87.1 Å². The minimum Gasteiger partial charge on any atom is -0.442 e. The molecule has 1 fully saturated rings. The Hall–Kier alpha value is -3.70. The average molecular weight is 788 g/mol. The van der Waals surface area contributed by atoms with E-state index in [4.69, 9.17) is 20.8 Å². The highest BCUT2D eigenvalue weighted by Crippen LogP contribution is 2.44. The lowest BCUT2D eigenvalue weighted by Gasteiger charge is -2.36. The Morgan fingerprint density at radius 1 is 0.868 bits per heavy atom. The van der Waals surface area contributed by atoms with Crippen molar-refractivity contribution in [3.63, 3.8) is 0 Å². The largest absolute Gasteiger partial charge is 0.442 e. The van der Waals surface area contributed by atoms with E-state index in [0.29, 0.717) is 45.9 Å². The molecule has 286 valence electrons. The standard InChI is InChI=1S/C38H40ClNO9S2.2H3N/c1-24-25(2)35(50(42,43)44)36(51(45,46)47)32-18-15-27(19-20-48-23-26-13-16-30(39)17-14-26)33(34(24)32)21-31-22-40-37(49-31)38(41,28-9-5-3-6-10-28)29-11-7-4-8-12-29;;/h3,5-6,9-10,13-18,22,29,41H,4,7-8,11-12,19-21,23H2,1-2H3,(H,42,43,44)(H,45,46,47);2*1H3/t38-;;/m0../s1. The van der Waals surface area contributed by atoms with Gasteiger partial charge in [-0.25, -0.2) is 4.98 Å². The molecule has 0 radical (unpaired) electrons. The maximum Gasteiger partial charge on any atom is 0.296 e. The summed E-state index contributed by atoms with van der Waals surface area (Å²) in [6.45, 7) is 3.63. The van der Waals surface area contributed by atoms with Gasteiger partial charge in [0, 0.05) is 22.7 Å². The third kappa shape index (κ3) is 8.67. The van der Waals surface area contributed by atoms with Crippen molar-refractivity contribution in [2.45, 2.75) is 80.8 Å². The fourth-order valence-corrected chi connectivity index (χ4v) is 9.88. The van der Waals surface area contributed by atoms with Crippen LogP contribution in [0.2, 0.25) is 5.02 Å². The second-order valence-corrected chi connectivity index (χ2v) is 16.3. The molecule has 1 heterocycles. The van der Waals surface area contributed by atoms with E-state index in [-0.39, 0.29) is 48.1 Å². The monoisotopic (exact) mass is 787 g/mol. The number of oxazole rings is 1. The fraction of sp³-hybridized carbons (Fsp3) is 0.342. The summed E-state index contributed by atoms with van der Waals surface area (Å²) in [5.41, 5.74) is 1.85. The first-order valence-electron chi connectivity index (χ1n) is 16.8. The number of hydrogen-bond donors (Lipinski definition) is 5. The predicted molar refractivity (Wildman–Crippen MR) is 203 cm³/mol. The molecular formula is C38H46ClN3O9S2. The van der Waals surface area contributed by atoms with Crippen molar-refractivity contribution in [2.24, 2.45) is 5.92 Å². The molecule has 12 nitrogen and oxygen atoms in total. The van der Waals surface area contributed by atoms with Gasteiger partial charge in [0.1, 0.15) is 15.6 Å². The normalized spacial score (nSPS) is 15.1. The number of hydrogen-bond acceptors (Lipinski definition) is 10. The lowest BCUT2D eigenvalue weighted by Crippen LogP contribution is -2.38. The maximum absolute atomic E-state index is 12.8. The molecular weight excluding hydrogens is 742 g/mol. The van der Waals surface area contributed by atoms with Crippen LogP contribution < -0.4 is 12.3 Å². The number of rotatable bonds is 12. The SMILES string of the molecule is Cc1c(S(=O)(=O)O)c(S(=O)(=O)O)c2ccc(CCOCc3ccc(Cl)cc3)c(Cc3cnc([C@](O)(c4ccccc4)C4CCCCC4)o3)c2c1C.N.N. The van der Waals surface area contributed by atoms with E-state index < -0.39 is 35.6 Å². The van der Waals surface area contributed by atoms with Crippen LogP contribution in [0.3, 0.4) is 0 Å². The molecule has 6 rings (SSSR count). The summed E-state index contributed by atoms with van der Waals surface area (Å²) >= 11 is 6.01. The predicted octanol–water partition coefficient (Wildman–Crippen LogP) is 8.08. The van der Waals surface area contributed by atoms with Gasteiger partial charge in [-0.15, -0.1) is 0 Å². The molecule has 1 atom stereocenters. The molecule has 0 bridgehead atoms. The molecule has 1 aliphatic rings. The van der Waals surface area contributed by atoms with Crippen molar-refractivity contribution in [2.75, 3.05) is 6.61 Å². The van der Waals surface area contributed by atoms with Gasteiger partial charge in [-0.1, -0.05) is 85.5 Å². The summed E-state index contributed by atoms with van der Waals surface area (Å²) in [5, 5.41) is 13.3. The average Bonchev–Trinajstić information content (AvgIpc) is 3.58. The van der Waals surface area contributed by atoms with Crippen LogP contribution >= 0.6 is 11.6 Å². The Labute approximate surface area is 315 Å². The first kappa shape index (κ1) is 42.0. The Morgan fingerprint density at radius 2 is 1.51 bits per heavy atom. The second-order valence-electron chi connectivity index (χ2n) is 13.2. The van der Waals surface area contributed by atoms with Crippen LogP contribution in [0.1, 0.15) is 77.1 Å². The minimum atomic E-state index is -5.14. The highest BCUT2D eigenvalue weighted by Gasteiger charge is 2.44. The maximum atomic E-state index is 12.8. The van der Waals surface area contributed by atoms with Gasteiger partial charge >= 0.3 is 0 Å². The van der Waals surface area contributed by atoms with Gasteiger partial charge in [0.05, 0.1) is 19.4 Å². The van der Waals surface area contributed by atoms with E-state index in [1.807, 2.05) is 42.5 Å². The van der Waals surface area contributed by atoms with Crippen LogP contribution in [0.25, 0.3) is 10.8 Å². The number of ether oxygens (including phenoxy) is 1. The highest BCUT2D eigenvalue weighted by atomic mass is 35.5. The van der Waals surface area contributed by atoms with Crippen LogP contribution in [-0.2, 0) is 50.0 Å². The second kappa shape index (κ2) is 16.8. The van der Waals surface area contributed by atoms with E-state index in [9.17, 15) is 31.0 Å². The molecule has 0 saturated heterocycles. The molecule has 0 spiro atoms.